The molecule has 1 aromatic carbocycles. The minimum atomic E-state index is -1.14. The molecule has 0 radical (unpaired) electrons. The standard InChI is InChI=1S/C31H43N3O5/c1-19(2)21-11-13-23(14-12-21)32-28(35)25-24-15-16-31(39-24)26(25)30(37)34(17-8-18-38-20(3)4)27(31)29(36)33-22-9-6-5-7-10-22/h11-16,19-20,22,24-27H,5-10,17-18H2,1-4H3,(H,32,35)(H,33,36)/t24-,25-,26-,27+,31-/m0/s1. The summed E-state index contributed by atoms with van der Waals surface area (Å²) in [4.78, 5) is 43.1. The Morgan fingerprint density at radius 3 is 2.46 bits per heavy atom. The number of ether oxygens (including phenoxy) is 2. The second-order valence-electron chi connectivity index (χ2n) is 12.1. The Balaban J connectivity index is 1.37. The molecular formula is C31H43N3O5. The van der Waals surface area contributed by atoms with E-state index >= 15 is 0 Å². The van der Waals surface area contributed by atoms with Crippen molar-refractivity contribution < 1.29 is 23.9 Å². The predicted octanol–water partition coefficient (Wildman–Crippen LogP) is 4.16. The van der Waals surface area contributed by atoms with Crippen molar-refractivity contribution in [2.24, 2.45) is 11.8 Å². The number of fused-ring (bicyclic) bond motifs is 1. The molecule has 1 aliphatic carbocycles. The average Bonchev–Trinajstić information content (AvgIpc) is 3.54. The first-order valence-corrected chi connectivity index (χ1v) is 14.7. The predicted molar refractivity (Wildman–Crippen MR) is 149 cm³/mol. The molecule has 8 heteroatoms. The van der Waals surface area contributed by atoms with Crippen molar-refractivity contribution in [3.05, 3.63) is 42.0 Å². The Morgan fingerprint density at radius 1 is 1.08 bits per heavy atom. The normalized spacial score (nSPS) is 29.9. The topological polar surface area (TPSA) is 97.0 Å². The third-order valence-corrected chi connectivity index (χ3v) is 8.72. The quantitative estimate of drug-likeness (QED) is 0.345. The van der Waals surface area contributed by atoms with Crippen molar-refractivity contribution in [1.82, 2.24) is 10.2 Å². The SMILES string of the molecule is CC(C)OCCCN1C(=O)[C@@H]2[C@@H](C(=O)Nc3ccc(C(C)C)cc3)[C@@H]3C=C[C@@]2(O3)[C@H]1C(=O)NC1CCCCC1. The number of nitrogens with one attached hydrogen (secondary N) is 2. The molecule has 1 aromatic rings. The number of benzene rings is 1. The molecule has 3 heterocycles. The molecule has 1 saturated carbocycles. The molecule has 0 aromatic heterocycles. The van der Waals surface area contributed by atoms with Crippen LogP contribution in [0.2, 0.25) is 0 Å². The number of hydrogen-bond acceptors (Lipinski definition) is 5. The van der Waals surface area contributed by atoms with Crippen molar-refractivity contribution in [3.8, 4) is 0 Å². The monoisotopic (exact) mass is 537 g/mol. The van der Waals surface area contributed by atoms with Gasteiger partial charge in [-0.2, -0.15) is 0 Å². The van der Waals surface area contributed by atoms with Crippen LogP contribution < -0.4 is 10.6 Å². The molecule has 4 aliphatic rings. The maximum absolute atomic E-state index is 14.0. The Labute approximate surface area is 231 Å². The van der Waals surface area contributed by atoms with E-state index in [9.17, 15) is 14.4 Å². The van der Waals surface area contributed by atoms with Gasteiger partial charge in [0.1, 0.15) is 11.6 Å². The Bertz CT molecular complexity index is 1090. The van der Waals surface area contributed by atoms with Gasteiger partial charge in [0.2, 0.25) is 17.7 Å². The van der Waals surface area contributed by atoms with Crippen LogP contribution in [0.15, 0.2) is 36.4 Å². The third kappa shape index (κ3) is 5.38. The van der Waals surface area contributed by atoms with Gasteiger partial charge in [-0.15, -0.1) is 0 Å². The van der Waals surface area contributed by atoms with Gasteiger partial charge in [0, 0.05) is 24.9 Å². The lowest BCUT2D eigenvalue weighted by Gasteiger charge is -2.34. The summed E-state index contributed by atoms with van der Waals surface area (Å²) in [5.74, 6) is -1.67. The molecule has 39 heavy (non-hydrogen) atoms. The van der Waals surface area contributed by atoms with E-state index in [1.165, 1.54) is 12.0 Å². The number of hydrogen-bond donors (Lipinski definition) is 2. The highest BCUT2D eigenvalue weighted by atomic mass is 16.5. The fraction of sp³-hybridized carbons (Fsp3) is 0.645. The van der Waals surface area contributed by atoms with Crippen molar-refractivity contribution in [1.29, 1.82) is 0 Å². The Hall–Kier alpha value is -2.71. The molecule has 2 saturated heterocycles. The lowest BCUT2D eigenvalue weighted by atomic mass is 9.74. The van der Waals surface area contributed by atoms with Crippen molar-refractivity contribution in [2.75, 3.05) is 18.5 Å². The van der Waals surface area contributed by atoms with Crippen LogP contribution in [0.3, 0.4) is 0 Å². The van der Waals surface area contributed by atoms with Crippen LogP contribution in [0.4, 0.5) is 5.69 Å². The fourth-order valence-corrected chi connectivity index (χ4v) is 6.77. The molecule has 3 aliphatic heterocycles. The summed E-state index contributed by atoms with van der Waals surface area (Å²) in [5, 5.41) is 6.24. The molecule has 1 spiro atoms. The number of likely N-dealkylation sites (tertiary alicyclic amines) is 1. The average molecular weight is 538 g/mol. The van der Waals surface area contributed by atoms with Gasteiger partial charge in [-0.3, -0.25) is 14.4 Å². The number of anilines is 1. The first kappa shape index (κ1) is 27.8. The van der Waals surface area contributed by atoms with E-state index in [4.69, 9.17) is 9.47 Å². The van der Waals surface area contributed by atoms with Crippen LogP contribution in [0, 0.1) is 11.8 Å². The number of nitrogens with zero attached hydrogens (tertiary/aromatic N) is 1. The fourth-order valence-electron chi connectivity index (χ4n) is 6.77. The zero-order valence-electron chi connectivity index (χ0n) is 23.7. The van der Waals surface area contributed by atoms with Crippen LogP contribution in [-0.2, 0) is 23.9 Å². The Kier molecular flexibility index (Phi) is 8.15. The van der Waals surface area contributed by atoms with Crippen molar-refractivity contribution in [3.63, 3.8) is 0 Å². The summed E-state index contributed by atoms with van der Waals surface area (Å²) < 4.78 is 12.2. The molecule has 2 bridgehead atoms. The zero-order valence-corrected chi connectivity index (χ0v) is 23.7. The van der Waals surface area contributed by atoms with Gasteiger partial charge < -0.3 is 25.0 Å². The molecule has 3 amide bonds. The molecule has 8 nitrogen and oxygen atoms in total. The first-order chi connectivity index (χ1) is 18.7. The van der Waals surface area contributed by atoms with E-state index < -0.39 is 29.6 Å². The summed E-state index contributed by atoms with van der Waals surface area (Å²) >= 11 is 0. The van der Waals surface area contributed by atoms with E-state index in [2.05, 4.69) is 24.5 Å². The van der Waals surface area contributed by atoms with Crippen LogP contribution in [0.1, 0.15) is 77.7 Å². The second kappa shape index (κ2) is 11.4. The number of amides is 3. The van der Waals surface area contributed by atoms with Gasteiger partial charge in [-0.05, 0) is 56.7 Å². The summed E-state index contributed by atoms with van der Waals surface area (Å²) in [5.41, 5.74) is 0.737. The van der Waals surface area contributed by atoms with Gasteiger partial charge in [0.25, 0.3) is 0 Å². The van der Waals surface area contributed by atoms with E-state index in [0.29, 0.717) is 31.2 Å². The van der Waals surface area contributed by atoms with E-state index in [-0.39, 0.29) is 29.9 Å². The molecule has 5 rings (SSSR count). The van der Waals surface area contributed by atoms with Gasteiger partial charge >= 0.3 is 0 Å². The van der Waals surface area contributed by atoms with Gasteiger partial charge in [0.15, 0.2) is 0 Å². The van der Waals surface area contributed by atoms with Gasteiger partial charge in [0.05, 0.1) is 24.0 Å². The smallest absolute Gasteiger partial charge is 0.246 e. The number of carbonyl (C=O) groups excluding carboxylic acids is 3. The molecule has 212 valence electrons. The number of rotatable bonds is 10. The maximum Gasteiger partial charge on any atom is 0.246 e. The molecule has 5 atom stereocenters. The van der Waals surface area contributed by atoms with E-state index in [0.717, 1.165) is 25.7 Å². The lowest BCUT2D eigenvalue weighted by Crippen LogP contribution is -2.56. The van der Waals surface area contributed by atoms with Crippen molar-refractivity contribution in [2.45, 2.75) is 102 Å². The highest BCUT2D eigenvalue weighted by Crippen LogP contribution is 2.55. The summed E-state index contributed by atoms with van der Waals surface area (Å²) in [7, 11) is 0. The summed E-state index contributed by atoms with van der Waals surface area (Å²) in [6.45, 7) is 9.06. The van der Waals surface area contributed by atoms with Crippen LogP contribution >= 0.6 is 0 Å². The largest absolute Gasteiger partial charge is 0.379 e. The third-order valence-electron chi connectivity index (χ3n) is 8.72. The molecule has 2 N–H and O–H groups in total. The second-order valence-corrected chi connectivity index (χ2v) is 12.1. The first-order valence-electron chi connectivity index (χ1n) is 14.7. The van der Waals surface area contributed by atoms with Crippen LogP contribution in [0.5, 0.6) is 0 Å². The summed E-state index contributed by atoms with van der Waals surface area (Å²) in [6, 6.07) is 7.10. The highest BCUT2D eigenvalue weighted by Gasteiger charge is 2.72. The molecule has 3 fully saturated rings. The maximum atomic E-state index is 14.0. The lowest BCUT2D eigenvalue weighted by molar-refractivity contribution is -0.141. The van der Waals surface area contributed by atoms with E-state index in [1.54, 1.807) is 4.90 Å². The van der Waals surface area contributed by atoms with Gasteiger partial charge in [-0.25, -0.2) is 0 Å². The Morgan fingerprint density at radius 2 is 1.79 bits per heavy atom. The molecular weight excluding hydrogens is 494 g/mol. The van der Waals surface area contributed by atoms with Crippen molar-refractivity contribution >= 4 is 23.4 Å². The number of carbonyl (C=O) groups is 3. The minimum absolute atomic E-state index is 0.0900. The van der Waals surface area contributed by atoms with Crippen LogP contribution in [-0.4, -0.2) is 65.7 Å². The van der Waals surface area contributed by atoms with E-state index in [1.807, 2.05) is 50.3 Å². The highest BCUT2D eigenvalue weighted by molar-refractivity contribution is 6.02. The summed E-state index contributed by atoms with van der Waals surface area (Å²) in [6.07, 6.45) is 9.17. The zero-order chi connectivity index (χ0) is 27.7. The van der Waals surface area contributed by atoms with Gasteiger partial charge in [-0.1, -0.05) is 57.4 Å². The minimum Gasteiger partial charge on any atom is -0.379 e. The van der Waals surface area contributed by atoms with Crippen LogP contribution in [0.25, 0.3) is 0 Å². The molecule has 0 unspecified atom stereocenters.